The van der Waals surface area contributed by atoms with E-state index in [0.29, 0.717) is 45.8 Å². The number of nitrogens with zero attached hydrogens (tertiary/aromatic N) is 2. The molecule has 9 nitrogen and oxygen atoms in total. The van der Waals surface area contributed by atoms with Gasteiger partial charge in [-0.2, -0.15) is 0 Å². The average molecular weight is 588 g/mol. The number of rotatable bonds is 9. The van der Waals surface area contributed by atoms with E-state index in [1.807, 2.05) is 23.7 Å². The summed E-state index contributed by atoms with van der Waals surface area (Å²) in [6.45, 7) is 14.6. The van der Waals surface area contributed by atoms with Crippen LogP contribution in [0.2, 0.25) is 0 Å². The van der Waals surface area contributed by atoms with E-state index in [-0.39, 0.29) is 27.9 Å². The van der Waals surface area contributed by atoms with Gasteiger partial charge < -0.3 is 29.0 Å². The SMILES string of the molecule is CCN(CC)CCCNc1cc2c(c3c1c(=O)c1c(OC(C)=O)c4ccccc4c(OC(C)=O)c1n3C)CCC(C)(C)O2. The highest BCUT2D eigenvalue weighted by Crippen LogP contribution is 2.46. The minimum Gasteiger partial charge on any atom is -0.487 e. The van der Waals surface area contributed by atoms with Crippen molar-refractivity contribution in [2.75, 3.05) is 31.5 Å². The van der Waals surface area contributed by atoms with Crippen LogP contribution in [-0.2, 0) is 23.1 Å². The van der Waals surface area contributed by atoms with Crippen LogP contribution in [0.3, 0.4) is 0 Å². The highest BCUT2D eigenvalue weighted by molar-refractivity contribution is 6.15. The Balaban J connectivity index is 1.88. The summed E-state index contributed by atoms with van der Waals surface area (Å²) in [5, 5.41) is 5.27. The van der Waals surface area contributed by atoms with Gasteiger partial charge in [0, 0.05) is 49.8 Å². The summed E-state index contributed by atoms with van der Waals surface area (Å²) >= 11 is 0. The molecular weight excluding hydrogens is 546 g/mol. The maximum absolute atomic E-state index is 14.8. The van der Waals surface area contributed by atoms with Crippen molar-refractivity contribution in [1.82, 2.24) is 9.47 Å². The Morgan fingerprint density at radius 2 is 1.63 bits per heavy atom. The number of hydrogen-bond donors (Lipinski definition) is 1. The molecule has 0 fully saturated rings. The van der Waals surface area contributed by atoms with Gasteiger partial charge in [0.15, 0.2) is 11.5 Å². The normalized spacial score (nSPS) is 14.1. The number of hydrogen-bond acceptors (Lipinski definition) is 8. The first kappa shape index (κ1) is 30.4. The molecule has 1 N–H and O–H groups in total. The third-order valence-corrected chi connectivity index (χ3v) is 8.30. The number of benzene rings is 3. The largest absolute Gasteiger partial charge is 0.487 e. The van der Waals surface area contributed by atoms with E-state index in [9.17, 15) is 14.4 Å². The van der Waals surface area contributed by atoms with Crippen molar-refractivity contribution < 1.29 is 23.8 Å². The maximum atomic E-state index is 14.8. The Kier molecular flexibility index (Phi) is 8.38. The van der Waals surface area contributed by atoms with Crippen LogP contribution in [0, 0.1) is 0 Å². The lowest BCUT2D eigenvalue weighted by molar-refractivity contribution is -0.132. The molecule has 0 radical (unpaired) electrons. The number of aromatic nitrogens is 1. The van der Waals surface area contributed by atoms with Crippen molar-refractivity contribution in [3.8, 4) is 17.2 Å². The van der Waals surface area contributed by atoms with Gasteiger partial charge in [0.25, 0.3) is 0 Å². The molecule has 1 aliphatic heterocycles. The van der Waals surface area contributed by atoms with Gasteiger partial charge in [0.1, 0.15) is 16.9 Å². The zero-order valence-electron chi connectivity index (χ0n) is 26.2. The van der Waals surface area contributed by atoms with Crippen molar-refractivity contribution in [3.63, 3.8) is 0 Å². The fraction of sp³-hybridized carbons (Fsp3) is 0.441. The minimum atomic E-state index is -0.551. The highest BCUT2D eigenvalue weighted by atomic mass is 16.5. The summed E-state index contributed by atoms with van der Waals surface area (Å²) in [5.41, 5.74) is 1.99. The second kappa shape index (κ2) is 11.9. The molecule has 0 saturated heterocycles. The number of ether oxygens (including phenoxy) is 3. The monoisotopic (exact) mass is 587 g/mol. The van der Waals surface area contributed by atoms with E-state index < -0.39 is 11.9 Å². The summed E-state index contributed by atoms with van der Waals surface area (Å²) in [5.74, 6) is 0.0528. The fourth-order valence-electron chi connectivity index (χ4n) is 6.22. The van der Waals surface area contributed by atoms with Gasteiger partial charge >= 0.3 is 11.9 Å². The van der Waals surface area contributed by atoms with Crippen molar-refractivity contribution in [2.24, 2.45) is 7.05 Å². The zero-order chi connectivity index (χ0) is 31.1. The van der Waals surface area contributed by atoms with E-state index in [1.165, 1.54) is 13.8 Å². The van der Waals surface area contributed by atoms with Gasteiger partial charge in [-0.1, -0.05) is 38.1 Å². The zero-order valence-corrected chi connectivity index (χ0v) is 26.2. The summed E-state index contributed by atoms with van der Waals surface area (Å²) in [6.07, 6.45) is 2.36. The molecular formula is C34H41N3O6. The smallest absolute Gasteiger partial charge is 0.308 e. The van der Waals surface area contributed by atoms with E-state index in [4.69, 9.17) is 14.2 Å². The molecule has 228 valence electrons. The molecule has 0 spiro atoms. The molecule has 0 bridgehead atoms. The lowest BCUT2D eigenvalue weighted by Crippen LogP contribution is -2.33. The van der Waals surface area contributed by atoms with Gasteiger partial charge in [0.2, 0.25) is 5.43 Å². The quantitative estimate of drug-likeness (QED) is 0.111. The third kappa shape index (κ3) is 5.66. The molecule has 5 rings (SSSR count). The molecule has 9 heteroatoms. The Bertz CT molecular complexity index is 1800. The van der Waals surface area contributed by atoms with Crippen LogP contribution in [0.4, 0.5) is 5.69 Å². The lowest BCUT2D eigenvalue weighted by atomic mass is 9.91. The van der Waals surface area contributed by atoms with Gasteiger partial charge in [0.05, 0.1) is 22.0 Å². The fourth-order valence-corrected chi connectivity index (χ4v) is 6.22. The molecule has 1 aliphatic rings. The summed E-state index contributed by atoms with van der Waals surface area (Å²) in [6, 6.07) is 9.10. The Labute approximate surface area is 251 Å². The standard InChI is InChI=1S/C34H41N3O6/c1-8-37(9-2)18-12-17-35-25-19-26-24(15-16-34(5,6)43-26)29-27(25)31(40)28-30(36(29)7)33(42-21(4)39)23-14-11-10-13-22(23)32(28)41-20(3)38/h10-11,13-14,19,35H,8-9,12,15-18H2,1-7H3. The van der Waals surface area contributed by atoms with Gasteiger partial charge in [-0.15, -0.1) is 0 Å². The second-order valence-electron chi connectivity index (χ2n) is 11.8. The summed E-state index contributed by atoms with van der Waals surface area (Å²) in [4.78, 5) is 41.9. The first-order valence-corrected chi connectivity index (χ1v) is 15.1. The van der Waals surface area contributed by atoms with Gasteiger partial charge in [-0.25, -0.2) is 0 Å². The highest BCUT2D eigenvalue weighted by Gasteiger charge is 2.32. The molecule has 4 aromatic rings. The molecule has 0 amide bonds. The number of carbonyl (C=O) groups is 2. The number of pyridine rings is 1. The predicted molar refractivity (Wildman–Crippen MR) is 171 cm³/mol. The Morgan fingerprint density at radius 1 is 1.00 bits per heavy atom. The number of aryl methyl sites for hydroxylation is 2. The van der Waals surface area contributed by atoms with E-state index in [1.54, 1.807) is 18.2 Å². The molecule has 1 aromatic heterocycles. The Morgan fingerprint density at radius 3 is 2.26 bits per heavy atom. The molecule has 0 atom stereocenters. The molecule has 3 aromatic carbocycles. The molecule has 0 aliphatic carbocycles. The Hall–Kier alpha value is -4.11. The van der Waals surface area contributed by atoms with Crippen LogP contribution in [0.1, 0.15) is 59.9 Å². The first-order valence-electron chi connectivity index (χ1n) is 15.1. The van der Waals surface area contributed by atoms with Crippen LogP contribution in [-0.4, -0.2) is 53.2 Å². The number of nitrogens with one attached hydrogen (secondary N) is 1. The van der Waals surface area contributed by atoms with Crippen LogP contribution >= 0.6 is 0 Å². The van der Waals surface area contributed by atoms with Gasteiger partial charge in [-0.3, -0.25) is 14.4 Å². The number of fused-ring (bicyclic) bond motifs is 5. The number of anilines is 1. The van der Waals surface area contributed by atoms with Crippen LogP contribution in [0.15, 0.2) is 35.1 Å². The molecule has 43 heavy (non-hydrogen) atoms. The first-order chi connectivity index (χ1) is 20.5. The molecule has 2 heterocycles. The van der Waals surface area contributed by atoms with Gasteiger partial charge in [-0.05, 0) is 52.7 Å². The van der Waals surface area contributed by atoms with Crippen LogP contribution in [0.5, 0.6) is 17.2 Å². The number of esters is 2. The topological polar surface area (TPSA) is 99.1 Å². The lowest BCUT2D eigenvalue weighted by Gasteiger charge is -2.34. The predicted octanol–water partition coefficient (Wildman–Crippen LogP) is 5.94. The molecule has 0 saturated carbocycles. The van der Waals surface area contributed by atoms with Crippen molar-refractivity contribution in [2.45, 2.75) is 66.4 Å². The van der Waals surface area contributed by atoms with Crippen LogP contribution in [0.25, 0.3) is 32.6 Å². The maximum Gasteiger partial charge on any atom is 0.308 e. The van der Waals surface area contributed by atoms with Crippen molar-refractivity contribution in [3.05, 3.63) is 46.1 Å². The summed E-state index contributed by atoms with van der Waals surface area (Å²) in [7, 11) is 1.85. The average Bonchev–Trinajstić information content (AvgIpc) is 2.95. The van der Waals surface area contributed by atoms with E-state index in [0.717, 1.165) is 43.8 Å². The number of carbonyl (C=O) groups excluding carboxylic acids is 2. The minimum absolute atomic E-state index is 0.152. The summed E-state index contributed by atoms with van der Waals surface area (Å²) < 4.78 is 20.0. The molecule has 0 unspecified atom stereocenters. The second-order valence-corrected chi connectivity index (χ2v) is 11.8. The van der Waals surface area contributed by atoms with E-state index >= 15 is 0 Å². The van der Waals surface area contributed by atoms with Crippen LogP contribution < -0.4 is 25.0 Å². The third-order valence-electron chi connectivity index (χ3n) is 8.30. The van der Waals surface area contributed by atoms with Crippen molar-refractivity contribution in [1.29, 1.82) is 0 Å². The van der Waals surface area contributed by atoms with E-state index in [2.05, 4.69) is 37.9 Å². The van der Waals surface area contributed by atoms with Crippen molar-refractivity contribution >= 4 is 50.2 Å².